The highest BCUT2D eigenvalue weighted by Crippen LogP contribution is 2.17. The predicted molar refractivity (Wildman–Crippen MR) is 129 cm³/mol. The molecule has 27 heavy (non-hydrogen) atoms. The molecule has 1 aromatic carbocycles. The van der Waals surface area contributed by atoms with E-state index < -0.39 is 0 Å². The lowest BCUT2D eigenvalue weighted by molar-refractivity contribution is 0.265. The zero-order chi connectivity index (χ0) is 18.9. The minimum Gasteiger partial charge on any atom is -0.356 e. The third-order valence-corrected chi connectivity index (χ3v) is 5.48. The van der Waals surface area contributed by atoms with Crippen molar-refractivity contribution >= 4 is 41.3 Å². The molecule has 1 atom stereocenters. The molecule has 1 unspecified atom stereocenters. The highest BCUT2D eigenvalue weighted by atomic mass is 127. The number of thiophene rings is 1. The van der Waals surface area contributed by atoms with Crippen LogP contribution in [0.2, 0.25) is 0 Å². The minimum atomic E-state index is 0. The zero-order valence-corrected chi connectivity index (χ0v) is 20.2. The zero-order valence-electron chi connectivity index (χ0n) is 17.0. The highest BCUT2D eigenvalue weighted by Gasteiger charge is 2.10. The molecule has 0 saturated carbocycles. The van der Waals surface area contributed by atoms with Gasteiger partial charge in [-0.25, -0.2) is 0 Å². The van der Waals surface area contributed by atoms with E-state index >= 15 is 0 Å². The Morgan fingerprint density at radius 3 is 2.41 bits per heavy atom. The van der Waals surface area contributed by atoms with Crippen molar-refractivity contribution in [3.05, 3.63) is 57.8 Å². The molecule has 0 aliphatic carbocycles. The van der Waals surface area contributed by atoms with Crippen LogP contribution in [0.3, 0.4) is 0 Å². The van der Waals surface area contributed by atoms with Crippen molar-refractivity contribution in [1.29, 1.82) is 0 Å². The average Bonchev–Trinajstić information content (AvgIpc) is 3.17. The van der Waals surface area contributed by atoms with Gasteiger partial charge in [0.25, 0.3) is 0 Å². The molecule has 6 heteroatoms. The van der Waals surface area contributed by atoms with Crippen molar-refractivity contribution in [2.75, 3.05) is 20.6 Å². The van der Waals surface area contributed by atoms with Crippen LogP contribution in [-0.4, -0.2) is 37.5 Å². The fraction of sp³-hybridized carbons (Fsp3) is 0.476. The number of aliphatic imine (C=N–C) groups is 1. The Bertz CT molecular complexity index is 685. The van der Waals surface area contributed by atoms with Crippen LogP contribution in [0.15, 0.2) is 46.1 Å². The predicted octanol–water partition coefficient (Wildman–Crippen LogP) is 4.68. The minimum absolute atomic E-state index is 0. The summed E-state index contributed by atoms with van der Waals surface area (Å²) in [5.74, 6) is 1.31. The third kappa shape index (κ3) is 7.79. The van der Waals surface area contributed by atoms with E-state index in [1.165, 1.54) is 16.7 Å². The number of nitrogens with one attached hydrogen (secondary N) is 2. The molecule has 1 aromatic heterocycles. The van der Waals surface area contributed by atoms with Crippen LogP contribution in [0.25, 0.3) is 0 Å². The van der Waals surface area contributed by atoms with Crippen LogP contribution in [0.1, 0.15) is 43.4 Å². The van der Waals surface area contributed by atoms with Crippen molar-refractivity contribution < 1.29 is 0 Å². The summed E-state index contributed by atoms with van der Waals surface area (Å²) in [6, 6.07) is 11.3. The van der Waals surface area contributed by atoms with Crippen LogP contribution in [0.5, 0.6) is 0 Å². The molecule has 0 saturated heterocycles. The summed E-state index contributed by atoms with van der Waals surface area (Å²) < 4.78 is 0. The van der Waals surface area contributed by atoms with Crippen LogP contribution >= 0.6 is 35.3 Å². The number of hydrogen-bond acceptors (Lipinski definition) is 3. The van der Waals surface area contributed by atoms with Gasteiger partial charge in [-0.2, -0.15) is 11.3 Å². The monoisotopic (exact) mass is 500 g/mol. The molecule has 0 aliphatic heterocycles. The maximum atomic E-state index is 4.36. The second-order valence-corrected chi connectivity index (χ2v) is 7.82. The molecule has 0 radical (unpaired) electrons. The van der Waals surface area contributed by atoms with Gasteiger partial charge in [-0.05, 0) is 60.3 Å². The molecule has 2 N–H and O–H groups in total. The standard InChI is InChI=1S/C21H32N4S.HI/c1-16(2)25(5)14-19-9-7-6-8-18(19)13-24-21(22-4)23-12-17(3)20-10-11-26-15-20;/h6-11,15-17H,12-14H2,1-5H3,(H2,22,23,24);1H. The maximum absolute atomic E-state index is 4.36. The van der Waals surface area contributed by atoms with Gasteiger partial charge in [0.05, 0.1) is 0 Å². The van der Waals surface area contributed by atoms with Crippen molar-refractivity contribution in [1.82, 2.24) is 15.5 Å². The molecule has 1 heterocycles. The molecule has 2 rings (SSSR count). The number of guanidine groups is 1. The number of rotatable bonds is 8. The Balaban J connectivity index is 0.00000364. The second-order valence-electron chi connectivity index (χ2n) is 7.04. The van der Waals surface area contributed by atoms with Crippen molar-refractivity contribution in [3.8, 4) is 0 Å². The molecule has 2 aromatic rings. The molecule has 0 bridgehead atoms. The van der Waals surface area contributed by atoms with Crippen LogP contribution in [0, 0.1) is 0 Å². The van der Waals surface area contributed by atoms with Gasteiger partial charge in [-0.15, -0.1) is 24.0 Å². The fourth-order valence-electron chi connectivity index (χ4n) is 2.66. The molecule has 0 amide bonds. The lowest BCUT2D eigenvalue weighted by Crippen LogP contribution is -2.38. The van der Waals surface area contributed by atoms with Gasteiger partial charge >= 0.3 is 0 Å². The van der Waals surface area contributed by atoms with E-state index in [0.717, 1.165) is 25.6 Å². The number of hydrogen-bond donors (Lipinski definition) is 2. The van der Waals surface area contributed by atoms with Gasteiger partial charge in [-0.3, -0.25) is 9.89 Å². The molecular weight excluding hydrogens is 467 g/mol. The molecule has 150 valence electrons. The van der Waals surface area contributed by atoms with Gasteiger partial charge in [0, 0.05) is 32.7 Å². The average molecular weight is 500 g/mol. The first kappa shape index (κ1) is 23.9. The lowest BCUT2D eigenvalue weighted by atomic mass is 10.1. The molecule has 4 nitrogen and oxygen atoms in total. The SMILES string of the molecule is CN=C(NCc1ccccc1CN(C)C(C)C)NCC(C)c1ccsc1.I. The first-order valence-corrected chi connectivity index (χ1v) is 10.2. The Hall–Kier alpha value is -1.12. The first-order valence-electron chi connectivity index (χ1n) is 9.25. The third-order valence-electron chi connectivity index (χ3n) is 4.78. The second kappa shape index (κ2) is 12.4. The van der Waals surface area contributed by atoms with E-state index in [1.807, 2.05) is 7.05 Å². The number of halogens is 1. The maximum Gasteiger partial charge on any atom is 0.191 e. The van der Waals surface area contributed by atoms with Crippen molar-refractivity contribution in [3.63, 3.8) is 0 Å². The van der Waals surface area contributed by atoms with Crippen LogP contribution in [-0.2, 0) is 13.1 Å². The Morgan fingerprint density at radius 1 is 1.11 bits per heavy atom. The Kier molecular flexibility index (Phi) is 10.9. The van der Waals surface area contributed by atoms with Gasteiger partial charge in [-0.1, -0.05) is 31.2 Å². The molecule has 0 spiro atoms. The molecular formula is C21H33IN4S. The quantitative estimate of drug-likeness (QED) is 0.314. The summed E-state index contributed by atoms with van der Waals surface area (Å²) in [6.07, 6.45) is 0. The van der Waals surface area contributed by atoms with E-state index in [4.69, 9.17) is 0 Å². The Labute approximate surface area is 185 Å². The van der Waals surface area contributed by atoms with E-state index in [-0.39, 0.29) is 24.0 Å². The number of nitrogens with zero attached hydrogens (tertiary/aromatic N) is 2. The van der Waals surface area contributed by atoms with Crippen molar-refractivity contribution in [2.45, 2.75) is 45.8 Å². The van der Waals surface area contributed by atoms with Crippen LogP contribution in [0.4, 0.5) is 0 Å². The van der Waals surface area contributed by atoms with Gasteiger partial charge < -0.3 is 10.6 Å². The summed E-state index contributed by atoms with van der Waals surface area (Å²) >= 11 is 1.75. The highest BCUT2D eigenvalue weighted by molar-refractivity contribution is 14.0. The Morgan fingerprint density at radius 2 is 1.81 bits per heavy atom. The summed E-state index contributed by atoms with van der Waals surface area (Å²) in [4.78, 5) is 6.72. The summed E-state index contributed by atoms with van der Waals surface area (Å²) in [6.45, 7) is 9.28. The van der Waals surface area contributed by atoms with E-state index in [0.29, 0.717) is 12.0 Å². The smallest absolute Gasteiger partial charge is 0.191 e. The van der Waals surface area contributed by atoms with Gasteiger partial charge in [0.2, 0.25) is 0 Å². The summed E-state index contributed by atoms with van der Waals surface area (Å²) in [5, 5.41) is 11.2. The van der Waals surface area contributed by atoms with E-state index in [2.05, 4.69) is 89.4 Å². The fourth-order valence-corrected chi connectivity index (χ4v) is 3.44. The largest absolute Gasteiger partial charge is 0.356 e. The lowest BCUT2D eigenvalue weighted by Gasteiger charge is -2.23. The normalized spacial score (nSPS) is 12.8. The number of benzene rings is 1. The van der Waals surface area contributed by atoms with Crippen molar-refractivity contribution in [2.24, 2.45) is 4.99 Å². The summed E-state index contributed by atoms with van der Waals surface area (Å²) in [5.41, 5.74) is 4.05. The topological polar surface area (TPSA) is 39.7 Å². The van der Waals surface area contributed by atoms with E-state index in [1.54, 1.807) is 11.3 Å². The van der Waals surface area contributed by atoms with E-state index in [9.17, 15) is 0 Å². The molecule has 0 aliphatic rings. The van der Waals surface area contributed by atoms with Gasteiger partial charge in [0.15, 0.2) is 5.96 Å². The first-order chi connectivity index (χ1) is 12.5. The summed E-state index contributed by atoms with van der Waals surface area (Å²) in [7, 11) is 3.99. The van der Waals surface area contributed by atoms with Gasteiger partial charge in [0.1, 0.15) is 0 Å². The molecule has 0 fully saturated rings. The van der Waals surface area contributed by atoms with Crippen LogP contribution < -0.4 is 10.6 Å².